The van der Waals surface area contributed by atoms with E-state index in [1.807, 2.05) is 29.6 Å². The van der Waals surface area contributed by atoms with Gasteiger partial charge in [0.05, 0.1) is 10.6 Å². The van der Waals surface area contributed by atoms with Crippen LogP contribution in [0.25, 0.3) is 11.3 Å². The first-order valence-electron chi connectivity index (χ1n) is 12.6. The number of rotatable bonds is 7. The first-order valence-corrected chi connectivity index (χ1v) is 15.3. The number of anilines is 1. The zero-order chi connectivity index (χ0) is 26.2. The van der Waals surface area contributed by atoms with E-state index in [0.717, 1.165) is 27.5 Å². The molecule has 1 aromatic heterocycles. The van der Waals surface area contributed by atoms with E-state index in [4.69, 9.17) is 16.6 Å². The molecule has 0 N–H and O–H groups in total. The summed E-state index contributed by atoms with van der Waals surface area (Å²) in [5.41, 5.74) is 5.00. The number of aromatic nitrogens is 1. The van der Waals surface area contributed by atoms with Gasteiger partial charge in [-0.2, -0.15) is 4.31 Å². The summed E-state index contributed by atoms with van der Waals surface area (Å²) in [6.45, 7) is 14.8. The first-order chi connectivity index (χ1) is 17.0. The van der Waals surface area contributed by atoms with Gasteiger partial charge < -0.3 is 4.90 Å². The van der Waals surface area contributed by atoms with Gasteiger partial charge in [0.2, 0.25) is 10.0 Å². The number of thiazole rings is 1. The number of benzene rings is 2. The Morgan fingerprint density at radius 3 is 1.92 bits per heavy atom. The van der Waals surface area contributed by atoms with Crippen LogP contribution in [0.4, 0.5) is 5.13 Å². The molecule has 0 bridgehead atoms. The van der Waals surface area contributed by atoms with Crippen molar-refractivity contribution in [2.45, 2.75) is 64.2 Å². The molecule has 1 fully saturated rings. The Hall–Kier alpha value is -1.93. The number of halogens is 1. The molecular weight excluding hydrogens is 510 g/mol. The van der Waals surface area contributed by atoms with Gasteiger partial charge in [0.25, 0.3) is 0 Å². The van der Waals surface area contributed by atoms with E-state index in [2.05, 4.69) is 58.6 Å². The molecular formula is C28H36ClN3O2S2. The van der Waals surface area contributed by atoms with Crippen molar-refractivity contribution in [1.29, 1.82) is 0 Å². The third-order valence-electron chi connectivity index (χ3n) is 6.82. The van der Waals surface area contributed by atoms with Crippen molar-refractivity contribution >= 4 is 38.1 Å². The van der Waals surface area contributed by atoms with Gasteiger partial charge in [0, 0.05) is 42.1 Å². The number of piperazine rings is 1. The van der Waals surface area contributed by atoms with E-state index in [0.29, 0.717) is 42.0 Å². The molecule has 0 unspecified atom stereocenters. The second-order valence-corrected chi connectivity index (χ2v) is 13.6. The van der Waals surface area contributed by atoms with Crippen LogP contribution in [-0.4, -0.2) is 43.9 Å². The highest BCUT2D eigenvalue weighted by Gasteiger charge is 2.34. The molecule has 4 rings (SSSR count). The number of nitrogens with zero attached hydrogens (tertiary/aromatic N) is 3. The van der Waals surface area contributed by atoms with Crippen molar-refractivity contribution in [2.75, 3.05) is 31.1 Å². The molecule has 0 amide bonds. The normalized spacial score (nSPS) is 15.4. The lowest BCUT2D eigenvalue weighted by atomic mass is 9.89. The number of hydrogen-bond donors (Lipinski definition) is 0. The lowest BCUT2D eigenvalue weighted by molar-refractivity contribution is 0.383. The van der Waals surface area contributed by atoms with Crippen LogP contribution < -0.4 is 4.90 Å². The summed E-state index contributed by atoms with van der Waals surface area (Å²) in [5, 5.41) is 3.66. The van der Waals surface area contributed by atoms with E-state index >= 15 is 0 Å². The maximum Gasteiger partial charge on any atom is 0.243 e. The zero-order valence-corrected chi connectivity index (χ0v) is 24.3. The molecule has 1 aliphatic heterocycles. The fourth-order valence-electron chi connectivity index (χ4n) is 4.60. The van der Waals surface area contributed by atoms with Crippen LogP contribution in [0.3, 0.4) is 0 Å². The standard InChI is InChI=1S/C28H36ClN3O2S2/c1-18(2)22-15-24(19(3)4)27(25(16-22)20(5)6)36(33,34)32-13-11-31(12-14-32)28-30-26(17-35-28)21-7-9-23(29)10-8-21/h7-10,15-20H,11-14H2,1-6H3. The second kappa shape index (κ2) is 10.8. The van der Waals surface area contributed by atoms with Gasteiger partial charge in [0.1, 0.15) is 0 Å². The SMILES string of the molecule is CC(C)c1cc(C(C)C)c(S(=O)(=O)N2CCN(c3nc(-c4ccc(Cl)cc4)cs3)CC2)c(C(C)C)c1. The Balaban J connectivity index is 1.58. The van der Waals surface area contributed by atoms with Crippen molar-refractivity contribution in [3.8, 4) is 11.3 Å². The Labute approximate surface area is 225 Å². The van der Waals surface area contributed by atoms with Gasteiger partial charge in [-0.1, -0.05) is 77.4 Å². The lowest BCUT2D eigenvalue weighted by Gasteiger charge is -2.35. The van der Waals surface area contributed by atoms with Gasteiger partial charge in [-0.05, 0) is 46.6 Å². The summed E-state index contributed by atoms with van der Waals surface area (Å²) >= 11 is 7.61. The molecule has 0 spiro atoms. The predicted molar refractivity (Wildman–Crippen MR) is 152 cm³/mol. The molecule has 5 nitrogen and oxygen atoms in total. The molecule has 1 saturated heterocycles. The maximum absolute atomic E-state index is 14.1. The van der Waals surface area contributed by atoms with E-state index in [-0.39, 0.29) is 11.8 Å². The van der Waals surface area contributed by atoms with Crippen LogP contribution in [0.5, 0.6) is 0 Å². The molecule has 0 atom stereocenters. The van der Waals surface area contributed by atoms with Crippen LogP contribution in [0, 0.1) is 0 Å². The topological polar surface area (TPSA) is 53.5 Å². The second-order valence-electron chi connectivity index (χ2n) is 10.4. The number of hydrogen-bond acceptors (Lipinski definition) is 5. The van der Waals surface area contributed by atoms with Gasteiger partial charge in [-0.25, -0.2) is 13.4 Å². The van der Waals surface area contributed by atoms with Crippen molar-refractivity contribution in [1.82, 2.24) is 9.29 Å². The van der Waals surface area contributed by atoms with Gasteiger partial charge in [-0.15, -0.1) is 11.3 Å². The highest BCUT2D eigenvalue weighted by Crippen LogP contribution is 2.37. The van der Waals surface area contributed by atoms with E-state index in [1.54, 1.807) is 15.6 Å². The molecule has 2 aromatic carbocycles. The number of sulfonamides is 1. The molecule has 1 aliphatic rings. The molecule has 3 aromatic rings. The molecule has 194 valence electrons. The summed E-state index contributed by atoms with van der Waals surface area (Å²) in [5.74, 6) is 0.583. The maximum atomic E-state index is 14.1. The minimum Gasteiger partial charge on any atom is -0.345 e. The van der Waals surface area contributed by atoms with Gasteiger partial charge in [0.15, 0.2) is 5.13 Å². The van der Waals surface area contributed by atoms with Gasteiger partial charge >= 0.3 is 0 Å². The summed E-state index contributed by atoms with van der Waals surface area (Å²) < 4.78 is 29.8. The molecule has 0 radical (unpaired) electrons. The van der Waals surface area contributed by atoms with Crippen LogP contribution in [0.2, 0.25) is 5.02 Å². The first kappa shape index (κ1) is 27.1. The van der Waals surface area contributed by atoms with E-state index in [1.165, 1.54) is 5.56 Å². The molecule has 8 heteroatoms. The third kappa shape index (κ3) is 5.49. The predicted octanol–water partition coefficient (Wildman–Crippen LogP) is 7.34. The van der Waals surface area contributed by atoms with Gasteiger partial charge in [-0.3, -0.25) is 0 Å². The van der Waals surface area contributed by atoms with Crippen molar-refractivity contribution < 1.29 is 8.42 Å². The zero-order valence-electron chi connectivity index (χ0n) is 22.0. The highest BCUT2D eigenvalue weighted by atomic mass is 35.5. The monoisotopic (exact) mass is 545 g/mol. The Bertz CT molecular complexity index is 1280. The quantitative estimate of drug-likeness (QED) is 0.311. The minimum atomic E-state index is -3.63. The summed E-state index contributed by atoms with van der Waals surface area (Å²) in [6, 6.07) is 11.9. The van der Waals surface area contributed by atoms with E-state index in [9.17, 15) is 8.42 Å². The fourth-order valence-corrected chi connectivity index (χ4v) is 7.70. The Morgan fingerprint density at radius 1 is 0.861 bits per heavy atom. The summed E-state index contributed by atoms with van der Waals surface area (Å²) in [7, 11) is -3.63. The highest BCUT2D eigenvalue weighted by molar-refractivity contribution is 7.89. The Kier molecular flexibility index (Phi) is 8.15. The van der Waals surface area contributed by atoms with Crippen molar-refractivity contribution in [3.05, 3.63) is 63.5 Å². The molecule has 36 heavy (non-hydrogen) atoms. The van der Waals surface area contributed by atoms with Crippen LogP contribution in [0.15, 0.2) is 46.7 Å². The third-order valence-corrected chi connectivity index (χ3v) is 10.0. The smallest absolute Gasteiger partial charge is 0.243 e. The van der Waals surface area contributed by atoms with Crippen LogP contribution in [-0.2, 0) is 10.0 Å². The average molecular weight is 546 g/mol. The largest absolute Gasteiger partial charge is 0.345 e. The van der Waals surface area contributed by atoms with Crippen LogP contribution in [0.1, 0.15) is 76.0 Å². The van der Waals surface area contributed by atoms with E-state index < -0.39 is 10.0 Å². The molecule has 0 saturated carbocycles. The molecule has 2 heterocycles. The average Bonchev–Trinajstić information content (AvgIpc) is 3.34. The lowest BCUT2D eigenvalue weighted by Crippen LogP contribution is -2.49. The summed E-state index contributed by atoms with van der Waals surface area (Å²) in [4.78, 5) is 7.52. The molecule has 0 aliphatic carbocycles. The fraction of sp³-hybridized carbons (Fsp3) is 0.464. The Morgan fingerprint density at radius 2 is 1.42 bits per heavy atom. The van der Waals surface area contributed by atoms with Crippen LogP contribution >= 0.6 is 22.9 Å². The van der Waals surface area contributed by atoms with Crippen molar-refractivity contribution in [3.63, 3.8) is 0 Å². The summed E-state index contributed by atoms with van der Waals surface area (Å²) in [6.07, 6.45) is 0. The van der Waals surface area contributed by atoms with Crippen molar-refractivity contribution in [2.24, 2.45) is 0 Å². The minimum absolute atomic E-state index is 0.119.